The third-order valence-electron chi connectivity index (χ3n) is 2.35. The van der Waals surface area contributed by atoms with Gasteiger partial charge in [-0.25, -0.2) is 0 Å². The van der Waals surface area contributed by atoms with Gasteiger partial charge in [0.2, 0.25) is 0 Å². The van der Waals surface area contributed by atoms with Gasteiger partial charge < -0.3 is 9.32 Å². The fourth-order valence-electron chi connectivity index (χ4n) is 1.57. The lowest BCUT2D eigenvalue weighted by Crippen LogP contribution is -2.20. The van der Waals surface area contributed by atoms with Crippen LogP contribution in [0.3, 0.4) is 0 Å². The molecule has 0 atom stereocenters. The van der Waals surface area contributed by atoms with E-state index in [1.807, 2.05) is 0 Å². The molecule has 0 amide bonds. The molecule has 0 unspecified atom stereocenters. The summed E-state index contributed by atoms with van der Waals surface area (Å²) in [6, 6.07) is 2.09. The lowest BCUT2D eigenvalue weighted by Gasteiger charge is -2.10. The molecule has 2 rings (SSSR count). The molecule has 0 saturated heterocycles. The normalized spacial score (nSPS) is 18.8. The smallest absolute Gasteiger partial charge is 0.169 e. The van der Waals surface area contributed by atoms with Crippen LogP contribution in [0, 0.1) is 0 Å². The fraction of sp³-hybridized carbons (Fsp3) is 0.556. The van der Waals surface area contributed by atoms with Crippen molar-refractivity contribution < 1.29 is 4.42 Å². The Kier molecular flexibility index (Phi) is 2.24. The van der Waals surface area contributed by atoms with Gasteiger partial charge in [0.1, 0.15) is 5.76 Å². The van der Waals surface area contributed by atoms with Crippen LogP contribution in [-0.4, -0.2) is 25.0 Å². The fourth-order valence-corrected chi connectivity index (χ4v) is 2.04. The SMILES string of the molecule is CN1CCc2cc(Br)oc2CC1. The van der Waals surface area contributed by atoms with Crippen LogP contribution in [0.2, 0.25) is 0 Å². The number of nitrogens with zero attached hydrogens (tertiary/aromatic N) is 1. The average Bonchev–Trinajstić information content (AvgIpc) is 2.31. The van der Waals surface area contributed by atoms with Crippen LogP contribution >= 0.6 is 15.9 Å². The van der Waals surface area contributed by atoms with Gasteiger partial charge in [-0.3, -0.25) is 0 Å². The average molecular weight is 230 g/mol. The van der Waals surface area contributed by atoms with Gasteiger partial charge in [0.05, 0.1) is 0 Å². The molecular weight excluding hydrogens is 218 g/mol. The second-order valence-electron chi connectivity index (χ2n) is 3.30. The van der Waals surface area contributed by atoms with Crippen molar-refractivity contribution >= 4 is 15.9 Å². The minimum absolute atomic E-state index is 0.872. The van der Waals surface area contributed by atoms with E-state index < -0.39 is 0 Å². The molecule has 3 heteroatoms. The van der Waals surface area contributed by atoms with Crippen LogP contribution < -0.4 is 0 Å². The van der Waals surface area contributed by atoms with Gasteiger partial charge in [-0.2, -0.15) is 0 Å². The lowest BCUT2D eigenvalue weighted by molar-refractivity contribution is 0.343. The van der Waals surface area contributed by atoms with Gasteiger partial charge in [-0.1, -0.05) is 0 Å². The van der Waals surface area contributed by atoms with Gasteiger partial charge in [-0.05, 0) is 41.0 Å². The first-order valence-corrected chi connectivity index (χ1v) is 5.00. The van der Waals surface area contributed by atoms with Crippen LogP contribution in [0.25, 0.3) is 0 Å². The molecule has 0 aliphatic carbocycles. The van der Waals surface area contributed by atoms with Crippen LogP contribution in [0.1, 0.15) is 11.3 Å². The molecule has 0 aromatic carbocycles. The third-order valence-corrected chi connectivity index (χ3v) is 2.74. The summed E-state index contributed by atoms with van der Waals surface area (Å²) in [5, 5.41) is 0. The minimum atomic E-state index is 0.872. The molecule has 1 aromatic heterocycles. The van der Waals surface area contributed by atoms with E-state index in [0.29, 0.717) is 0 Å². The zero-order chi connectivity index (χ0) is 8.55. The van der Waals surface area contributed by atoms with Crippen molar-refractivity contribution in [3.8, 4) is 0 Å². The maximum atomic E-state index is 5.52. The van der Waals surface area contributed by atoms with E-state index in [1.54, 1.807) is 0 Å². The van der Waals surface area contributed by atoms with E-state index in [1.165, 1.54) is 5.56 Å². The van der Waals surface area contributed by atoms with E-state index in [9.17, 15) is 0 Å². The minimum Gasteiger partial charge on any atom is -0.454 e. The molecule has 0 spiro atoms. The second-order valence-corrected chi connectivity index (χ2v) is 4.08. The number of hydrogen-bond acceptors (Lipinski definition) is 2. The number of fused-ring (bicyclic) bond motifs is 1. The summed E-state index contributed by atoms with van der Waals surface area (Å²) < 4.78 is 6.40. The zero-order valence-electron chi connectivity index (χ0n) is 7.14. The Morgan fingerprint density at radius 3 is 3.00 bits per heavy atom. The van der Waals surface area contributed by atoms with Gasteiger partial charge in [0.25, 0.3) is 0 Å². The standard InChI is InChI=1S/C9H12BrNO/c1-11-4-2-7-6-9(10)12-8(7)3-5-11/h6H,2-5H2,1H3. The highest BCUT2D eigenvalue weighted by Gasteiger charge is 2.14. The van der Waals surface area contributed by atoms with Crippen molar-refractivity contribution in [3.05, 3.63) is 22.1 Å². The third kappa shape index (κ3) is 1.57. The molecule has 1 aliphatic rings. The van der Waals surface area contributed by atoms with Crippen LogP contribution in [0.4, 0.5) is 0 Å². The highest BCUT2D eigenvalue weighted by molar-refractivity contribution is 9.10. The van der Waals surface area contributed by atoms with Crippen molar-refractivity contribution in [3.63, 3.8) is 0 Å². The second kappa shape index (κ2) is 3.23. The van der Waals surface area contributed by atoms with Gasteiger partial charge >= 0.3 is 0 Å². The summed E-state index contributed by atoms with van der Waals surface area (Å²) in [5.41, 5.74) is 1.37. The van der Waals surface area contributed by atoms with Crippen molar-refractivity contribution in [2.45, 2.75) is 12.8 Å². The van der Waals surface area contributed by atoms with Crippen molar-refractivity contribution in [1.29, 1.82) is 0 Å². The summed E-state index contributed by atoms with van der Waals surface area (Å²) in [6.45, 7) is 2.24. The first kappa shape index (κ1) is 8.32. The molecule has 2 heterocycles. The largest absolute Gasteiger partial charge is 0.454 e. The first-order valence-electron chi connectivity index (χ1n) is 4.21. The van der Waals surface area contributed by atoms with Crippen LogP contribution in [0.5, 0.6) is 0 Å². The number of rotatable bonds is 0. The Balaban J connectivity index is 2.24. The topological polar surface area (TPSA) is 16.4 Å². The summed E-state index contributed by atoms with van der Waals surface area (Å²) in [5.74, 6) is 1.16. The molecule has 1 aromatic rings. The Labute approximate surface area is 80.7 Å². The first-order chi connectivity index (χ1) is 5.75. The molecule has 0 bridgehead atoms. The highest BCUT2D eigenvalue weighted by atomic mass is 79.9. The van der Waals surface area contributed by atoms with Gasteiger partial charge in [0, 0.05) is 19.5 Å². The summed E-state index contributed by atoms with van der Waals surface area (Å²) in [6.07, 6.45) is 2.15. The Hall–Kier alpha value is -0.280. The Morgan fingerprint density at radius 1 is 1.42 bits per heavy atom. The van der Waals surface area contributed by atoms with Crippen molar-refractivity contribution in [2.24, 2.45) is 0 Å². The van der Waals surface area contributed by atoms with E-state index in [2.05, 4.69) is 33.9 Å². The van der Waals surface area contributed by atoms with E-state index in [-0.39, 0.29) is 0 Å². The maximum Gasteiger partial charge on any atom is 0.169 e. The molecule has 0 N–H and O–H groups in total. The highest BCUT2D eigenvalue weighted by Crippen LogP contribution is 2.23. The zero-order valence-corrected chi connectivity index (χ0v) is 8.73. The lowest BCUT2D eigenvalue weighted by atomic mass is 10.2. The maximum absolute atomic E-state index is 5.52. The summed E-state index contributed by atoms with van der Waals surface area (Å²) in [4.78, 5) is 2.34. The monoisotopic (exact) mass is 229 g/mol. The Morgan fingerprint density at radius 2 is 2.17 bits per heavy atom. The molecule has 66 valence electrons. The molecule has 0 fully saturated rings. The van der Waals surface area contributed by atoms with Gasteiger partial charge in [0.15, 0.2) is 4.67 Å². The predicted molar refractivity (Wildman–Crippen MR) is 51.3 cm³/mol. The number of hydrogen-bond donors (Lipinski definition) is 0. The van der Waals surface area contributed by atoms with Crippen molar-refractivity contribution in [2.75, 3.05) is 20.1 Å². The van der Waals surface area contributed by atoms with Crippen LogP contribution in [0.15, 0.2) is 15.2 Å². The number of furan rings is 1. The number of halogens is 1. The molecule has 2 nitrogen and oxygen atoms in total. The molecule has 12 heavy (non-hydrogen) atoms. The summed E-state index contributed by atoms with van der Waals surface area (Å²) >= 11 is 3.35. The number of likely N-dealkylation sites (N-methyl/N-ethyl adjacent to an activating group) is 1. The van der Waals surface area contributed by atoms with E-state index >= 15 is 0 Å². The summed E-state index contributed by atoms with van der Waals surface area (Å²) in [7, 11) is 2.15. The van der Waals surface area contributed by atoms with Crippen LogP contribution in [-0.2, 0) is 12.8 Å². The molecular formula is C9H12BrNO. The molecule has 0 saturated carbocycles. The molecule has 0 radical (unpaired) electrons. The molecule has 1 aliphatic heterocycles. The van der Waals surface area contributed by atoms with Gasteiger partial charge in [-0.15, -0.1) is 0 Å². The predicted octanol–water partition coefficient (Wildman–Crippen LogP) is 2.07. The quantitative estimate of drug-likeness (QED) is 0.678. The Bertz CT molecular complexity index is 257. The van der Waals surface area contributed by atoms with Crippen molar-refractivity contribution in [1.82, 2.24) is 4.90 Å². The van der Waals surface area contributed by atoms with E-state index in [4.69, 9.17) is 4.42 Å². The van der Waals surface area contributed by atoms with E-state index in [0.717, 1.165) is 36.4 Å².